The average Bonchev–Trinajstić information content (AvgIpc) is 2.66. The monoisotopic (exact) mass is 359 g/mol. The SMILES string of the molecule is COc1cc(OC)cc(C(=O)NCCc2ccc(OCC(=O)O)cc2)c1. The van der Waals surface area contributed by atoms with Crippen LogP contribution in [0.4, 0.5) is 0 Å². The minimum absolute atomic E-state index is 0.219. The van der Waals surface area contributed by atoms with E-state index in [4.69, 9.17) is 19.3 Å². The number of aliphatic carboxylic acids is 1. The van der Waals surface area contributed by atoms with Crippen LogP contribution in [-0.2, 0) is 11.2 Å². The molecular weight excluding hydrogens is 338 g/mol. The number of carboxylic acid groups (broad SMARTS) is 1. The summed E-state index contributed by atoms with van der Waals surface area (Å²) in [5.41, 5.74) is 1.45. The molecule has 0 bridgehead atoms. The molecule has 138 valence electrons. The predicted molar refractivity (Wildman–Crippen MR) is 95.2 cm³/mol. The van der Waals surface area contributed by atoms with Crippen LogP contribution in [-0.4, -0.2) is 44.4 Å². The van der Waals surface area contributed by atoms with E-state index < -0.39 is 5.97 Å². The minimum Gasteiger partial charge on any atom is -0.497 e. The first kappa shape index (κ1) is 19.1. The maximum absolute atomic E-state index is 12.3. The van der Waals surface area contributed by atoms with Crippen molar-refractivity contribution in [2.75, 3.05) is 27.4 Å². The van der Waals surface area contributed by atoms with Crippen molar-refractivity contribution in [2.45, 2.75) is 6.42 Å². The molecule has 0 fully saturated rings. The highest BCUT2D eigenvalue weighted by atomic mass is 16.5. The molecule has 0 aliphatic heterocycles. The summed E-state index contributed by atoms with van der Waals surface area (Å²) < 4.78 is 15.4. The van der Waals surface area contributed by atoms with Gasteiger partial charge in [-0.1, -0.05) is 12.1 Å². The number of methoxy groups -OCH3 is 2. The first-order valence-corrected chi connectivity index (χ1v) is 7.96. The van der Waals surface area contributed by atoms with Gasteiger partial charge in [0.15, 0.2) is 6.61 Å². The fraction of sp³-hybridized carbons (Fsp3) is 0.263. The molecule has 26 heavy (non-hydrogen) atoms. The highest BCUT2D eigenvalue weighted by Gasteiger charge is 2.09. The second-order valence-electron chi connectivity index (χ2n) is 5.43. The average molecular weight is 359 g/mol. The first-order valence-electron chi connectivity index (χ1n) is 7.96. The maximum Gasteiger partial charge on any atom is 0.341 e. The lowest BCUT2D eigenvalue weighted by Crippen LogP contribution is -2.25. The summed E-state index contributed by atoms with van der Waals surface area (Å²) in [6.45, 7) is 0.0765. The molecule has 0 unspecified atom stereocenters. The molecule has 7 nitrogen and oxygen atoms in total. The van der Waals surface area contributed by atoms with E-state index in [0.29, 0.717) is 35.8 Å². The summed E-state index contributed by atoms with van der Waals surface area (Å²) in [6, 6.07) is 12.1. The smallest absolute Gasteiger partial charge is 0.341 e. The van der Waals surface area contributed by atoms with E-state index in [1.54, 1.807) is 30.3 Å². The van der Waals surface area contributed by atoms with Gasteiger partial charge in [0, 0.05) is 18.2 Å². The Hall–Kier alpha value is -3.22. The Balaban J connectivity index is 1.87. The van der Waals surface area contributed by atoms with Gasteiger partial charge in [0.2, 0.25) is 0 Å². The van der Waals surface area contributed by atoms with Gasteiger partial charge in [-0.2, -0.15) is 0 Å². The summed E-state index contributed by atoms with van der Waals surface area (Å²) in [5.74, 6) is 0.344. The van der Waals surface area contributed by atoms with Gasteiger partial charge in [-0.05, 0) is 36.2 Å². The van der Waals surface area contributed by atoms with Crippen LogP contribution in [0.5, 0.6) is 17.2 Å². The van der Waals surface area contributed by atoms with Crippen molar-refractivity contribution in [3.05, 3.63) is 53.6 Å². The number of ether oxygens (including phenoxy) is 3. The molecule has 1 amide bonds. The molecule has 2 aromatic carbocycles. The predicted octanol–water partition coefficient (Wildman–Crippen LogP) is 2.14. The van der Waals surface area contributed by atoms with Crippen molar-refractivity contribution in [3.8, 4) is 17.2 Å². The molecule has 2 N–H and O–H groups in total. The van der Waals surface area contributed by atoms with E-state index in [0.717, 1.165) is 5.56 Å². The van der Waals surface area contributed by atoms with Crippen LogP contribution in [0, 0.1) is 0 Å². The third-order valence-electron chi connectivity index (χ3n) is 3.60. The van der Waals surface area contributed by atoms with Crippen molar-refractivity contribution in [1.29, 1.82) is 0 Å². The quantitative estimate of drug-likeness (QED) is 0.712. The number of carbonyl (C=O) groups is 2. The Kier molecular flexibility index (Phi) is 6.84. The lowest BCUT2D eigenvalue weighted by molar-refractivity contribution is -0.139. The number of benzene rings is 2. The van der Waals surface area contributed by atoms with E-state index in [-0.39, 0.29) is 12.5 Å². The molecule has 0 radical (unpaired) electrons. The van der Waals surface area contributed by atoms with E-state index in [2.05, 4.69) is 5.32 Å². The second-order valence-corrected chi connectivity index (χ2v) is 5.43. The van der Waals surface area contributed by atoms with Crippen molar-refractivity contribution < 1.29 is 28.9 Å². The summed E-state index contributed by atoms with van der Waals surface area (Å²) in [6.07, 6.45) is 0.631. The first-order chi connectivity index (χ1) is 12.5. The van der Waals surface area contributed by atoms with Gasteiger partial charge in [0.25, 0.3) is 5.91 Å². The molecule has 0 atom stereocenters. The van der Waals surface area contributed by atoms with Gasteiger partial charge in [-0.3, -0.25) is 4.79 Å². The highest BCUT2D eigenvalue weighted by Crippen LogP contribution is 2.22. The largest absolute Gasteiger partial charge is 0.497 e. The Morgan fingerprint density at radius 3 is 2.12 bits per heavy atom. The van der Waals surface area contributed by atoms with E-state index in [1.165, 1.54) is 14.2 Å². The van der Waals surface area contributed by atoms with Gasteiger partial charge >= 0.3 is 5.97 Å². The van der Waals surface area contributed by atoms with Crippen molar-refractivity contribution in [3.63, 3.8) is 0 Å². The van der Waals surface area contributed by atoms with Crippen molar-refractivity contribution in [1.82, 2.24) is 5.32 Å². The van der Waals surface area contributed by atoms with Crippen molar-refractivity contribution in [2.24, 2.45) is 0 Å². The Morgan fingerprint density at radius 2 is 1.58 bits per heavy atom. The Morgan fingerprint density at radius 1 is 0.962 bits per heavy atom. The molecule has 0 heterocycles. The zero-order valence-corrected chi connectivity index (χ0v) is 14.7. The topological polar surface area (TPSA) is 94.1 Å². The maximum atomic E-state index is 12.3. The standard InChI is InChI=1S/C19H21NO6/c1-24-16-9-14(10-17(11-16)25-2)19(23)20-8-7-13-3-5-15(6-4-13)26-12-18(21)22/h3-6,9-11H,7-8,12H2,1-2H3,(H,20,23)(H,21,22). The highest BCUT2D eigenvalue weighted by molar-refractivity contribution is 5.95. The number of hydrogen-bond acceptors (Lipinski definition) is 5. The molecule has 0 saturated heterocycles. The molecule has 0 saturated carbocycles. The van der Waals surface area contributed by atoms with Crippen LogP contribution in [0.15, 0.2) is 42.5 Å². The van der Waals surface area contributed by atoms with Gasteiger partial charge < -0.3 is 24.6 Å². The van der Waals surface area contributed by atoms with Gasteiger partial charge in [0.1, 0.15) is 17.2 Å². The fourth-order valence-corrected chi connectivity index (χ4v) is 2.26. The fourth-order valence-electron chi connectivity index (χ4n) is 2.26. The van der Waals surface area contributed by atoms with Crippen molar-refractivity contribution >= 4 is 11.9 Å². The number of rotatable bonds is 9. The summed E-state index contributed by atoms with van der Waals surface area (Å²) in [7, 11) is 3.06. The molecule has 0 aliphatic rings. The zero-order chi connectivity index (χ0) is 18.9. The van der Waals surface area contributed by atoms with Gasteiger partial charge in [-0.15, -0.1) is 0 Å². The summed E-state index contributed by atoms with van der Waals surface area (Å²) in [5, 5.41) is 11.4. The number of nitrogens with one attached hydrogen (secondary N) is 1. The lowest BCUT2D eigenvalue weighted by Gasteiger charge is -2.09. The van der Waals surface area contributed by atoms with Crippen LogP contribution in [0.2, 0.25) is 0 Å². The zero-order valence-electron chi connectivity index (χ0n) is 14.7. The molecule has 2 rings (SSSR count). The molecule has 0 aromatic heterocycles. The summed E-state index contributed by atoms with van der Waals surface area (Å²) in [4.78, 5) is 22.7. The van der Waals surface area contributed by atoms with Gasteiger partial charge in [-0.25, -0.2) is 4.79 Å². The van der Waals surface area contributed by atoms with Crippen LogP contribution in [0.3, 0.4) is 0 Å². The lowest BCUT2D eigenvalue weighted by atomic mass is 10.1. The summed E-state index contributed by atoms with van der Waals surface area (Å²) >= 11 is 0. The number of amides is 1. The molecular formula is C19H21NO6. The van der Waals surface area contributed by atoms with E-state index >= 15 is 0 Å². The third kappa shape index (κ3) is 5.70. The Bertz CT molecular complexity index is 735. The normalized spacial score (nSPS) is 10.1. The number of hydrogen-bond donors (Lipinski definition) is 2. The van der Waals surface area contributed by atoms with E-state index in [9.17, 15) is 9.59 Å². The molecule has 0 spiro atoms. The number of carbonyl (C=O) groups excluding carboxylic acids is 1. The molecule has 2 aromatic rings. The van der Waals surface area contributed by atoms with Crippen LogP contribution >= 0.6 is 0 Å². The molecule has 7 heteroatoms. The molecule has 0 aliphatic carbocycles. The minimum atomic E-state index is -1.02. The van der Waals surface area contributed by atoms with Crippen LogP contribution in [0.25, 0.3) is 0 Å². The second kappa shape index (κ2) is 9.31. The Labute approximate surface area is 151 Å². The third-order valence-corrected chi connectivity index (χ3v) is 3.60. The van der Waals surface area contributed by atoms with E-state index in [1.807, 2.05) is 12.1 Å². The number of carboxylic acids is 1. The van der Waals surface area contributed by atoms with Crippen LogP contribution in [0.1, 0.15) is 15.9 Å². The van der Waals surface area contributed by atoms with Gasteiger partial charge in [0.05, 0.1) is 14.2 Å². The van der Waals surface area contributed by atoms with Crippen LogP contribution < -0.4 is 19.5 Å².